The van der Waals surface area contributed by atoms with Gasteiger partial charge in [-0.3, -0.25) is 4.68 Å². The van der Waals surface area contributed by atoms with Gasteiger partial charge >= 0.3 is 0 Å². The molecule has 0 bridgehead atoms. The maximum Gasteiger partial charge on any atom is 0.243 e. The first-order valence-corrected chi connectivity index (χ1v) is 7.78. The van der Waals surface area contributed by atoms with E-state index in [2.05, 4.69) is 20.4 Å². The van der Waals surface area contributed by atoms with Gasteiger partial charge in [-0.1, -0.05) is 11.3 Å². The molecule has 2 aromatic rings. The Hall–Kier alpha value is -1.84. The summed E-state index contributed by atoms with van der Waals surface area (Å²) < 4.78 is 41.8. The molecule has 1 aromatic heterocycles. The molecule has 21 heavy (non-hydrogen) atoms. The topological polar surface area (TPSA) is 88.9 Å². The fourth-order valence-electron chi connectivity index (χ4n) is 1.79. The van der Waals surface area contributed by atoms with Crippen LogP contribution in [0.4, 0.5) is 4.39 Å². The molecule has 0 saturated heterocycles. The van der Waals surface area contributed by atoms with Crippen molar-refractivity contribution < 1.29 is 12.8 Å². The number of hydrogen-bond acceptors (Lipinski definition) is 5. The molecule has 0 radical (unpaired) electrons. The first-order chi connectivity index (χ1) is 10.0. The Labute approximate surface area is 122 Å². The highest BCUT2D eigenvalue weighted by Gasteiger charge is 2.19. The zero-order chi connectivity index (χ0) is 15.3. The fourth-order valence-corrected chi connectivity index (χ4v) is 2.94. The van der Waals surface area contributed by atoms with Crippen LogP contribution in [0, 0.1) is 5.82 Å². The standard InChI is InChI=1S/C12H16FN5O2S/c1-14-9-10-2-3-11(13)12(8-10)21(19,20)16-5-7-18-6-4-15-17-18/h2-4,6,8,14,16H,5,7,9H2,1H3. The molecule has 0 unspecified atom stereocenters. The zero-order valence-corrected chi connectivity index (χ0v) is 12.3. The molecule has 0 aliphatic carbocycles. The smallest absolute Gasteiger partial charge is 0.243 e. The van der Waals surface area contributed by atoms with E-state index in [9.17, 15) is 12.8 Å². The number of rotatable bonds is 7. The minimum Gasteiger partial charge on any atom is -0.316 e. The molecular weight excluding hydrogens is 297 g/mol. The van der Waals surface area contributed by atoms with Gasteiger partial charge in [0.15, 0.2) is 0 Å². The first-order valence-electron chi connectivity index (χ1n) is 6.30. The van der Waals surface area contributed by atoms with E-state index in [0.717, 1.165) is 6.07 Å². The van der Waals surface area contributed by atoms with E-state index in [4.69, 9.17) is 0 Å². The number of halogens is 1. The molecular formula is C12H16FN5O2S. The Morgan fingerprint density at radius 3 is 2.86 bits per heavy atom. The highest BCUT2D eigenvalue weighted by molar-refractivity contribution is 7.89. The summed E-state index contributed by atoms with van der Waals surface area (Å²) in [5.41, 5.74) is 0.690. The van der Waals surface area contributed by atoms with E-state index in [0.29, 0.717) is 18.7 Å². The van der Waals surface area contributed by atoms with Gasteiger partial charge in [0.2, 0.25) is 10.0 Å². The largest absolute Gasteiger partial charge is 0.316 e. The van der Waals surface area contributed by atoms with Gasteiger partial charge in [-0.05, 0) is 24.7 Å². The third-order valence-corrected chi connectivity index (χ3v) is 4.25. The monoisotopic (exact) mass is 313 g/mol. The fraction of sp³-hybridized carbons (Fsp3) is 0.333. The van der Waals surface area contributed by atoms with Gasteiger partial charge in [0.25, 0.3) is 0 Å². The molecule has 9 heteroatoms. The molecule has 0 spiro atoms. The van der Waals surface area contributed by atoms with Crippen LogP contribution in [0.1, 0.15) is 5.56 Å². The quantitative estimate of drug-likeness (QED) is 0.758. The van der Waals surface area contributed by atoms with Crippen molar-refractivity contribution in [2.75, 3.05) is 13.6 Å². The first kappa shape index (κ1) is 15.5. The molecule has 1 heterocycles. The number of sulfonamides is 1. The van der Waals surface area contributed by atoms with Crippen LogP contribution in [0.25, 0.3) is 0 Å². The number of aromatic nitrogens is 3. The van der Waals surface area contributed by atoms with Gasteiger partial charge in [-0.15, -0.1) is 5.10 Å². The lowest BCUT2D eigenvalue weighted by molar-refractivity contribution is 0.540. The Morgan fingerprint density at radius 2 is 2.19 bits per heavy atom. The van der Waals surface area contributed by atoms with E-state index < -0.39 is 15.8 Å². The molecule has 0 amide bonds. The van der Waals surface area contributed by atoms with Crippen molar-refractivity contribution in [3.63, 3.8) is 0 Å². The number of hydrogen-bond donors (Lipinski definition) is 2. The van der Waals surface area contributed by atoms with Crippen LogP contribution in [0.5, 0.6) is 0 Å². The van der Waals surface area contributed by atoms with Gasteiger partial charge < -0.3 is 5.32 Å². The molecule has 0 saturated carbocycles. The van der Waals surface area contributed by atoms with Crippen molar-refractivity contribution in [3.8, 4) is 0 Å². The van der Waals surface area contributed by atoms with Crippen molar-refractivity contribution in [1.82, 2.24) is 25.0 Å². The molecule has 2 N–H and O–H groups in total. The highest BCUT2D eigenvalue weighted by atomic mass is 32.2. The third kappa shape index (κ3) is 4.06. The SMILES string of the molecule is CNCc1ccc(F)c(S(=O)(=O)NCCn2ccnn2)c1. The molecule has 1 aromatic carbocycles. The Bertz CT molecular complexity index is 688. The van der Waals surface area contributed by atoms with Crippen LogP contribution in [-0.4, -0.2) is 37.0 Å². The lowest BCUT2D eigenvalue weighted by Gasteiger charge is -2.09. The maximum absolute atomic E-state index is 13.7. The van der Waals surface area contributed by atoms with E-state index in [1.54, 1.807) is 19.3 Å². The van der Waals surface area contributed by atoms with Crippen LogP contribution in [0.15, 0.2) is 35.5 Å². The predicted octanol–water partition coefficient (Wildman–Crippen LogP) is 0.115. The molecule has 0 fully saturated rings. The molecule has 7 nitrogen and oxygen atoms in total. The van der Waals surface area contributed by atoms with Crippen LogP contribution < -0.4 is 10.0 Å². The normalized spacial score (nSPS) is 11.7. The Balaban J connectivity index is 2.09. The summed E-state index contributed by atoms with van der Waals surface area (Å²) in [6.07, 6.45) is 3.11. The average Bonchev–Trinajstić information content (AvgIpc) is 2.94. The summed E-state index contributed by atoms with van der Waals surface area (Å²) in [6, 6.07) is 4.02. The maximum atomic E-state index is 13.7. The van der Waals surface area contributed by atoms with Crippen LogP contribution in [0.3, 0.4) is 0 Å². The van der Waals surface area contributed by atoms with Crippen molar-refractivity contribution in [3.05, 3.63) is 42.0 Å². The minimum absolute atomic E-state index is 0.0986. The molecule has 0 aliphatic heterocycles. The second-order valence-electron chi connectivity index (χ2n) is 4.36. The summed E-state index contributed by atoms with van der Waals surface area (Å²) in [5.74, 6) is -0.775. The number of benzene rings is 1. The second-order valence-corrected chi connectivity index (χ2v) is 6.09. The molecule has 114 valence electrons. The van der Waals surface area contributed by atoms with Crippen molar-refractivity contribution in [2.45, 2.75) is 18.0 Å². The van der Waals surface area contributed by atoms with Crippen LogP contribution >= 0.6 is 0 Å². The molecule has 0 atom stereocenters. The lowest BCUT2D eigenvalue weighted by atomic mass is 10.2. The van der Waals surface area contributed by atoms with Crippen LogP contribution in [0.2, 0.25) is 0 Å². The second kappa shape index (κ2) is 6.74. The van der Waals surface area contributed by atoms with Gasteiger partial charge in [-0.25, -0.2) is 17.5 Å². The highest BCUT2D eigenvalue weighted by Crippen LogP contribution is 2.16. The summed E-state index contributed by atoms with van der Waals surface area (Å²) in [5, 5.41) is 10.2. The zero-order valence-electron chi connectivity index (χ0n) is 11.5. The van der Waals surface area contributed by atoms with Gasteiger partial charge in [0.05, 0.1) is 12.7 Å². The van der Waals surface area contributed by atoms with Gasteiger partial charge in [0, 0.05) is 19.3 Å². The van der Waals surface area contributed by atoms with E-state index >= 15 is 0 Å². The summed E-state index contributed by atoms with van der Waals surface area (Å²) in [6.45, 7) is 0.875. The van der Waals surface area contributed by atoms with Crippen molar-refractivity contribution in [1.29, 1.82) is 0 Å². The number of nitrogens with one attached hydrogen (secondary N) is 2. The van der Waals surface area contributed by atoms with Gasteiger partial charge in [0.1, 0.15) is 10.7 Å². The van der Waals surface area contributed by atoms with Crippen molar-refractivity contribution in [2.24, 2.45) is 0 Å². The Morgan fingerprint density at radius 1 is 1.38 bits per heavy atom. The molecule has 2 rings (SSSR count). The minimum atomic E-state index is -3.90. The molecule has 0 aliphatic rings. The summed E-state index contributed by atoms with van der Waals surface area (Å²) >= 11 is 0. The number of nitrogens with zero attached hydrogens (tertiary/aromatic N) is 3. The summed E-state index contributed by atoms with van der Waals surface area (Å²) in [7, 11) is -2.17. The van der Waals surface area contributed by atoms with Gasteiger partial charge in [-0.2, -0.15) is 0 Å². The lowest BCUT2D eigenvalue weighted by Crippen LogP contribution is -2.28. The average molecular weight is 313 g/mol. The predicted molar refractivity (Wildman–Crippen MR) is 74.4 cm³/mol. The Kier molecular flexibility index (Phi) is 4.99. The van der Waals surface area contributed by atoms with Crippen molar-refractivity contribution >= 4 is 10.0 Å². The summed E-state index contributed by atoms with van der Waals surface area (Å²) in [4.78, 5) is -0.353. The van der Waals surface area contributed by atoms with E-state index in [1.807, 2.05) is 0 Å². The van der Waals surface area contributed by atoms with Crippen LogP contribution in [-0.2, 0) is 23.1 Å². The van der Waals surface area contributed by atoms with E-state index in [1.165, 1.54) is 16.9 Å². The van der Waals surface area contributed by atoms with E-state index in [-0.39, 0.29) is 11.4 Å². The third-order valence-electron chi connectivity index (χ3n) is 2.77.